The highest BCUT2D eigenvalue weighted by Gasteiger charge is 2.30. The van der Waals surface area contributed by atoms with Crippen LogP contribution in [-0.2, 0) is 12.6 Å². The molecule has 1 aromatic rings. The van der Waals surface area contributed by atoms with Crippen LogP contribution in [0.5, 0.6) is 0 Å². The summed E-state index contributed by atoms with van der Waals surface area (Å²) in [5.74, 6) is 0. The van der Waals surface area contributed by atoms with Crippen LogP contribution in [-0.4, -0.2) is 0 Å². The molecule has 1 nitrogen and oxygen atoms in total. The number of unbranched alkanes of at least 4 members (excludes halogenated alkanes) is 2. The molecule has 0 atom stereocenters. The van der Waals surface area contributed by atoms with Crippen LogP contribution in [0.3, 0.4) is 0 Å². The zero-order valence-electron chi connectivity index (χ0n) is 14.0. The van der Waals surface area contributed by atoms with Crippen LogP contribution in [0.15, 0.2) is 18.2 Å². The Balaban J connectivity index is 0. The van der Waals surface area contributed by atoms with Gasteiger partial charge < -0.3 is 5.73 Å². The Bertz CT molecular complexity index is 352. The molecule has 2 N–H and O–H groups in total. The lowest BCUT2D eigenvalue weighted by molar-refractivity contribution is -0.137. The number of anilines is 1. The summed E-state index contributed by atoms with van der Waals surface area (Å²) >= 11 is 0. The Morgan fingerprint density at radius 2 is 1.24 bits per heavy atom. The molecule has 21 heavy (non-hydrogen) atoms. The van der Waals surface area contributed by atoms with Crippen LogP contribution >= 0.6 is 0 Å². The summed E-state index contributed by atoms with van der Waals surface area (Å²) in [6.07, 6.45) is 1.52. The average molecular weight is 305 g/mol. The molecule has 0 heterocycles. The van der Waals surface area contributed by atoms with E-state index in [0.717, 1.165) is 12.1 Å². The molecule has 124 valence electrons. The van der Waals surface area contributed by atoms with E-state index in [1.54, 1.807) is 13.0 Å². The number of halogens is 3. The third-order valence-corrected chi connectivity index (χ3v) is 2.75. The van der Waals surface area contributed by atoms with E-state index in [1.165, 1.54) is 25.7 Å². The van der Waals surface area contributed by atoms with Crippen LogP contribution in [0.4, 0.5) is 18.9 Å². The highest BCUT2D eigenvalue weighted by Crippen LogP contribution is 2.31. The van der Waals surface area contributed by atoms with Gasteiger partial charge in [-0.3, -0.25) is 0 Å². The summed E-state index contributed by atoms with van der Waals surface area (Å²) in [5.41, 5.74) is 5.42. The first-order valence-corrected chi connectivity index (χ1v) is 7.73. The zero-order valence-corrected chi connectivity index (χ0v) is 14.0. The number of nitrogen functional groups attached to an aromatic ring is 1. The van der Waals surface area contributed by atoms with Gasteiger partial charge in [-0.25, -0.2) is 0 Å². The first-order valence-electron chi connectivity index (χ1n) is 7.73. The molecule has 1 rings (SSSR count). The minimum Gasteiger partial charge on any atom is -0.399 e. The van der Waals surface area contributed by atoms with Gasteiger partial charge in [0.15, 0.2) is 0 Å². The number of nitrogens with two attached hydrogens (primary N) is 1. The molecule has 0 radical (unpaired) electrons. The van der Waals surface area contributed by atoms with Gasteiger partial charge in [0.05, 0.1) is 5.56 Å². The van der Waals surface area contributed by atoms with Crippen molar-refractivity contribution in [3.05, 3.63) is 29.3 Å². The molecule has 0 saturated heterocycles. The van der Waals surface area contributed by atoms with Crippen LogP contribution in [0, 0.1) is 0 Å². The molecule has 0 spiro atoms. The maximum Gasteiger partial charge on any atom is 0.416 e. The van der Waals surface area contributed by atoms with Gasteiger partial charge >= 0.3 is 6.18 Å². The number of hydrogen-bond donors (Lipinski definition) is 1. The Labute approximate surface area is 127 Å². The Kier molecular flexibility index (Phi) is 13.2. The van der Waals surface area contributed by atoms with E-state index in [4.69, 9.17) is 5.73 Å². The van der Waals surface area contributed by atoms with E-state index in [2.05, 4.69) is 27.7 Å². The van der Waals surface area contributed by atoms with Gasteiger partial charge in [-0.1, -0.05) is 60.3 Å². The lowest BCUT2D eigenvalue weighted by Gasteiger charge is -2.09. The van der Waals surface area contributed by atoms with Crippen LogP contribution in [0.2, 0.25) is 0 Å². The second-order valence-electron chi connectivity index (χ2n) is 4.81. The summed E-state index contributed by atoms with van der Waals surface area (Å²) in [4.78, 5) is 0. The summed E-state index contributed by atoms with van der Waals surface area (Å²) in [5, 5.41) is 0. The number of rotatable bonds is 3. The van der Waals surface area contributed by atoms with Crippen molar-refractivity contribution in [1.29, 1.82) is 0 Å². The van der Waals surface area contributed by atoms with E-state index < -0.39 is 11.7 Å². The standard InChI is InChI=1S/C9H10F3N.2C4H10/c1-2-6-3-7(9(10,11)12)5-8(13)4-6;2*1-3-4-2/h3-5H,2,13H2,1H3;2*3-4H2,1-2H3. The predicted molar refractivity (Wildman–Crippen MR) is 86.4 cm³/mol. The van der Waals surface area contributed by atoms with Crippen molar-refractivity contribution in [1.82, 2.24) is 0 Å². The van der Waals surface area contributed by atoms with Crippen molar-refractivity contribution >= 4 is 5.69 Å². The molecular formula is C17H30F3N. The van der Waals surface area contributed by atoms with Crippen molar-refractivity contribution in [3.63, 3.8) is 0 Å². The molecule has 1 aromatic carbocycles. The Hall–Kier alpha value is -1.19. The maximum atomic E-state index is 12.2. The normalized spacial score (nSPS) is 10.1. The molecule has 0 fully saturated rings. The van der Waals surface area contributed by atoms with Crippen molar-refractivity contribution in [2.45, 2.75) is 72.9 Å². The van der Waals surface area contributed by atoms with E-state index >= 15 is 0 Å². The van der Waals surface area contributed by atoms with Gasteiger partial charge in [0.1, 0.15) is 0 Å². The molecule has 0 aromatic heterocycles. The SMILES string of the molecule is CCCC.CCCC.CCc1cc(N)cc(C(F)(F)F)c1. The lowest BCUT2D eigenvalue weighted by atomic mass is 10.1. The highest BCUT2D eigenvalue weighted by molar-refractivity contribution is 5.45. The monoisotopic (exact) mass is 305 g/mol. The van der Waals surface area contributed by atoms with Crippen LogP contribution < -0.4 is 5.73 Å². The van der Waals surface area contributed by atoms with Gasteiger partial charge in [-0.15, -0.1) is 0 Å². The first-order chi connectivity index (χ1) is 9.76. The predicted octanol–water partition coefficient (Wildman–Crippen LogP) is 6.46. The van der Waals surface area contributed by atoms with Gasteiger partial charge in [0.2, 0.25) is 0 Å². The van der Waals surface area contributed by atoms with E-state index in [0.29, 0.717) is 12.0 Å². The highest BCUT2D eigenvalue weighted by atomic mass is 19.4. The quantitative estimate of drug-likeness (QED) is 0.637. The molecule has 0 aliphatic heterocycles. The van der Waals surface area contributed by atoms with Crippen molar-refractivity contribution in [2.75, 3.05) is 5.73 Å². The van der Waals surface area contributed by atoms with Crippen LogP contribution in [0.1, 0.15) is 71.4 Å². The van der Waals surface area contributed by atoms with E-state index in [9.17, 15) is 13.2 Å². The minimum absolute atomic E-state index is 0.159. The molecule has 0 bridgehead atoms. The fraction of sp³-hybridized carbons (Fsp3) is 0.647. The summed E-state index contributed by atoms with van der Waals surface area (Å²) in [6, 6.07) is 3.62. The fourth-order valence-electron chi connectivity index (χ4n) is 1.09. The number of hydrogen-bond acceptors (Lipinski definition) is 1. The third-order valence-electron chi connectivity index (χ3n) is 2.75. The molecule has 0 aliphatic rings. The summed E-state index contributed by atoms with van der Waals surface area (Å²) < 4.78 is 36.7. The fourth-order valence-corrected chi connectivity index (χ4v) is 1.09. The van der Waals surface area contributed by atoms with Crippen LogP contribution in [0.25, 0.3) is 0 Å². The molecule has 0 aliphatic carbocycles. The maximum absolute atomic E-state index is 12.2. The summed E-state index contributed by atoms with van der Waals surface area (Å²) in [7, 11) is 0. The molecule has 0 amide bonds. The molecule has 0 unspecified atom stereocenters. The van der Waals surface area contributed by atoms with Gasteiger partial charge in [-0.05, 0) is 30.2 Å². The van der Waals surface area contributed by atoms with Crippen molar-refractivity contribution < 1.29 is 13.2 Å². The zero-order chi connectivity index (χ0) is 16.9. The second-order valence-corrected chi connectivity index (χ2v) is 4.81. The molecular weight excluding hydrogens is 275 g/mol. The summed E-state index contributed by atoms with van der Waals surface area (Å²) in [6.45, 7) is 10.5. The molecule has 4 heteroatoms. The smallest absolute Gasteiger partial charge is 0.399 e. The number of aryl methyl sites for hydroxylation is 1. The van der Waals surface area contributed by atoms with Crippen molar-refractivity contribution in [3.8, 4) is 0 Å². The van der Waals surface area contributed by atoms with Gasteiger partial charge in [0, 0.05) is 5.69 Å². The minimum atomic E-state index is -4.31. The number of benzene rings is 1. The largest absolute Gasteiger partial charge is 0.416 e. The topological polar surface area (TPSA) is 26.0 Å². The van der Waals surface area contributed by atoms with E-state index in [-0.39, 0.29) is 5.69 Å². The van der Waals surface area contributed by atoms with Gasteiger partial charge in [-0.2, -0.15) is 13.2 Å². The first kappa shape index (κ1) is 22.1. The Morgan fingerprint density at radius 1 is 0.810 bits per heavy atom. The number of alkyl halides is 3. The Morgan fingerprint density at radius 3 is 1.52 bits per heavy atom. The van der Waals surface area contributed by atoms with Gasteiger partial charge in [0.25, 0.3) is 0 Å². The molecule has 0 saturated carbocycles. The van der Waals surface area contributed by atoms with Crippen molar-refractivity contribution in [2.24, 2.45) is 0 Å². The third kappa shape index (κ3) is 12.3. The average Bonchev–Trinajstić information content (AvgIpc) is 2.46. The van der Waals surface area contributed by atoms with E-state index in [1.807, 2.05) is 0 Å². The second kappa shape index (κ2) is 12.5. The lowest BCUT2D eigenvalue weighted by Crippen LogP contribution is -2.06.